The molecule has 1 fully saturated rings. The van der Waals surface area contributed by atoms with Gasteiger partial charge in [-0.1, -0.05) is 30.3 Å². The summed E-state index contributed by atoms with van der Waals surface area (Å²) in [6.45, 7) is 0. The van der Waals surface area contributed by atoms with Crippen LogP contribution in [0.2, 0.25) is 0 Å². The molecule has 0 radical (unpaired) electrons. The van der Waals surface area contributed by atoms with Crippen LogP contribution < -0.4 is 0 Å². The number of carbonyl (C=O) groups is 1. The topological polar surface area (TPSA) is 76.2 Å². The van der Waals surface area contributed by atoms with E-state index in [0.29, 0.717) is 11.8 Å². The first-order valence-corrected chi connectivity index (χ1v) is 6.31. The minimum Gasteiger partial charge on any atom is -0.481 e. The highest BCUT2D eigenvalue weighted by atomic mass is 16.4. The summed E-state index contributed by atoms with van der Waals surface area (Å²) >= 11 is 0. The molecule has 19 heavy (non-hydrogen) atoms. The van der Waals surface area contributed by atoms with Crippen LogP contribution in [-0.2, 0) is 16.6 Å². The minimum atomic E-state index is -0.857. The molecule has 1 N–H and O–H groups in total. The van der Waals surface area contributed by atoms with E-state index in [1.165, 1.54) is 5.56 Å². The van der Waals surface area contributed by atoms with Crippen molar-refractivity contribution < 1.29 is 14.3 Å². The normalized spacial score (nSPS) is 16.2. The molecule has 1 aromatic heterocycles. The molecule has 5 nitrogen and oxygen atoms in total. The Labute approximate surface area is 110 Å². The molecule has 5 heteroatoms. The van der Waals surface area contributed by atoms with Gasteiger partial charge in [0.15, 0.2) is 0 Å². The van der Waals surface area contributed by atoms with Crippen molar-refractivity contribution in [3.05, 3.63) is 47.7 Å². The number of aromatic nitrogens is 2. The fraction of sp³-hybridized carbons (Fsp3) is 0.357. The van der Waals surface area contributed by atoms with E-state index in [2.05, 4.69) is 22.3 Å². The second kappa shape index (κ2) is 4.50. The molecule has 0 saturated heterocycles. The van der Waals surface area contributed by atoms with Gasteiger partial charge in [0, 0.05) is 6.42 Å². The molecule has 1 aliphatic carbocycles. The summed E-state index contributed by atoms with van der Waals surface area (Å²) in [6, 6.07) is 10.1. The number of hydrogen-bond acceptors (Lipinski definition) is 4. The van der Waals surface area contributed by atoms with Crippen LogP contribution in [0.1, 0.15) is 36.6 Å². The first-order chi connectivity index (χ1) is 9.21. The molecule has 0 amide bonds. The zero-order chi connectivity index (χ0) is 13.3. The van der Waals surface area contributed by atoms with Gasteiger partial charge in [0.1, 0.15) is 0 Å². The van der Waals surface area contributed by atoms with Gasteiger partial charge < -0.3 is 9.52 Å². The zero-order valence-electron chi connectivity index (χ0n) is 10.4. The van der Waals surface area contributed by atoms with Crippen molar-refractivity contribution >= 4 is 5.97 Å². The molecule has 98 valence electrons. The molecular formula is C14H14N2O3. The number of carboxylic acid groups (broad SMARTS) is 1. The van der Waals surface area contributed by atoms with Crippen molar-refractivity contribution in [2.75, 3.05) is 0 Å². The van der Waals surface area contributed by atoms with Gasteiger partial charge in [-0.3, -0.25) is 4.79 Å². The summed E-state index contributed by atoms with van der Waals surface area (Å²) in [6.07, 6.45) is 2.29. The van der Waals surface area contributed by atoms with Crippen LogP contribution in [0.4, 0.5) is 0 Å². The molecule has 0 spiro atoms. The van der Waals surface area contributed by atoms with Gasteiger partial charge in [-0.2, -0.15) is 0 Å². The Morgan fingerprint density at radius 3 is 2.63 bits per heavy atom. The average molecular weight is 258 g/mol. The van der Waals surface area contributed by atoms with Crippen LogP contribution in [0, 0.1) is 0 Å². The highest BCUT2D eigenvalue weighted by Gasteiger charge is 2.50. The average Bonchev–Trinajstić information content (AvgIpc) is 3.10. The van der Waals surface area contributed by atoms with E-state index in [0.717, 1.165) is 12.8 Å². The van der Waals surface area contributed by atoms with Crippen molar-refractivity contribution in [1.29, 1.82) is 0 Å². The van der Waals surface area contributed by atoms with Crippen LogP contribution >= 0.6 is 0 Å². The number of hydrogen-bond donors (Lipinski definition) is 1. The lowest BCUT2D eigenvalue weighted by molar-refractivity contribution is -0.137. The molecule has 3 rings (SSSR count). The highest BCUT2D eigenvalue weighted by molar-refractivity contribution is 5.66. The third-order valence-electron chi connectivity index (χ3n) is 3.51. The summed E-state index contributed by atoms with van der Waals surface area (Å²) in [4.78, 5) is 10.5. The first kappa shape index (κ1) is 11.9. The third kappa shape index (κ3) is 2.23. The summed E-state index contributed by atoms with van der Waals surface area (Å²) in [5.41, 5.74) is 1.04. The fourth-order valence-electron chi connectivity index (χ4n) is 2.27. The summed E-state index contributed by atoms with van der Waals surface area (Å²) in [5, 5.41) is 16.7. The third-order valence-corrected chi connectivity index (χ3v) is 3.51. The van der Waals surface area contributed by atoms with Gasteiger partial charge >= 0.3 is 5.97 Å². The standard InChI is InChI=1S/C14H14N2O3/c17-12(18)7-6-11-15-16-13(19-11)14(8-9-14)10-4-2-1-3-5-10/h1-5H,6-9H2,(H,17,18). The maximum atomic E-state index is 10.5. The Morgan fingerprint density at radius 1 is 1.26 bits per heavy atom. The van der Waals surface area contributed by atoms with Crippen molar-refractivity contribution in [2.45, 2.75) is 31.1 Å². The Hall–Kier alpha value is -2.17. The Bertz CT molecular complexity index is 588. The van der Waals surface area contributed by atoms with E-state index in [-0.39, 0.29) is 18.3 Å². The van der Waals surface area contributed by atoms with Crippen molar-refractivity contribution in [2.24, 2.45) is 0 Å². The van der Waals surface area contributed by atoms with E-state index < -0.39 is 5.97 Å². The number of carboxylic acids is 1. The van der Waals surface area contributed by atoms with Gasteiger partial charge in [-0.15, -0.1) is 10.2 Å². The van der Waals surface area contributed by atoms with E-state index in [1.54, 1.807) is 0 Å². The predicted octanol–water partition coefficient (Wildman–Crippen LogP) is 2.17. The SMILES string of the molecule is O=C(O)CCc1nnc(C2(c3ccccc3)CC2)o1. The van der Waals surface area contributed by atoms with Crippen LogP contribution in [0.3, 0.4) is 0 Å². The van der Waals surface area contributed by atoms with Crippen LogP contribution in [0.25, 0.3) is 0 Å². The summed E-state index contributed by atoms with van der Waals surface area (Å²) < 4.78 is 5.63. The summed E-state index contributed by atoms with van der Waals surface area (Å²) in [5.74, 6) is 0.155. The zero-order valence-corrected chi connectivity index (χ0v) is 10.4. The van der Waals surface area contributed by atoms with E-state index in [1.807, 2.05) is 18.2 Å². The van der Waals surface area contributed by atoms with Crippen molar-refractivity contribution in [1.82, 2.24) is 10.2 Å². The number of nitrogens with zero attached hydrogens (tertiary/aromatic N) is 2. The molecular weight excluding hydrogens is 244 g/mol. The number of rotatable bonds is 5. The Kier molecular flexibility index (Phi) is 2.81. The predicted molar refractivity (Wildman–Crippen MR) is 66.7 cm³/mol. The van der Waals surface area contributed by atoms with E-state index in [9.17, 15) is 4.79 Å². The quantitative estimate of drug-likeness (QED) is 0.889. The lowest BCUT2D eigenvalue weighted by atomic mass is 9.96. The fourth-order valence-corrected chi connectivity index (χ4v) is 2.27. The van der Waals surface area contributed by atoms with Gasteiger partial charge in [0.2, 0.25) is 11.8 Å². The molecule has 0 bridgehead atoms. The molecule has 1 aromatic carbocycles. The number of aliphatic carboxylic acids is 1. The maximum Gasteiger partial charge on any atom is 0.303 e. The van der Waals surface area contributed by atoms with Crippen molar-refractivity contribution in [3.8, 4) is 0 Å². The van der Waals surface area contributed by atoms with Crippen molar-refractivity contribution in [3.63, 3.8) is 0 Å². The number of aryl methyl sites for hydroxylation is 1. The second-order valence-corrected chi connectivity index (χ2v) is 4.84. The Balaban J connectivity index is 1.81. The van der Waals surface area contributed by atoms with E-state index in [4.69, 9.17) is 9.52 Å². The van der Waals surface area contributed by atoms with Gasteiger partial charge in [-0.05, 0) is 18.4 Å². The van der Waals surface area contributed by atoms with E-state index >= 15 is 0 Å². The smallest absolute Gasteiger partial charge is 0.303 e. The monoisotopic (exact) mass is 258 g/mol. The molecule has 0 unspecified atom stereocenters. The number of benzene rings is 1. The van der Waals surface area contributed by atoms with Gasteiger partial charge in [0.05, 0.1) is 11.8 Å². The molecule has 0 atom stereocenters. The molecule has 1 heterocycles. The van der Waals surface area contributed by atoms with Gasteiger partial charge in [-0.25, -0.2) is 0 Å². The second-order valence-electron chi connectivity index (χ2n) is 4.84. The lowest BCUT2D eigenvalue weighted by Gasteiger charge is -2.09. The van der Waals surface area contributed by atoms with Crippen LogP contribution in [-0.4, -0.2) is 21.3 Å². The van der Waals surface area contributed by atoms with Crippen LogP contribution in [0.5, 0.6) is 0 Å². The summed E-state index contributed by atoms with van der Waals surface area (Å²) in [7, 11) is 0. The minimum absolute atomic E-state index is 0.0139. The highest BCUT2D eigenvalue weighted by Crippen LogP contribution is 2.52. The molecule has 1 aliphatic rings. The largest absolute Gasteiger partial charge is 0.481 e. The molecule has 0 aliphatic heterocycles. The first-order valence-electron chi connectivity index (χ1n) is 6.31. The Morgan fingerprint density at radius 2 is 2.00 bits per heavy atom. The van der Waals surface area contributed by atoms with Crippen LogP contribution in [0.15, 0.2) is 34.7 Å². The maximum absolute atomic E-state index is 10.5. The molecule has 1 saturated carbocycles. The lowest BCUT2D eigenvalue weighted by Crippen LogP contribution is -2.08. The molecule has 2 aromatic rings. The van der Waals surface area contributed by atoms with Gasteiger partial charge in [0.25, 0.3) is 0 Å².